The highest BCUT2D eigenvalue weighted by Crippen LogP contribution is 2.05. The van der Waals surface area contributed by atoms with Gasteiger partial charge >= 0.3 is 0 Å². The van der Waals surface area contributed by atoms with E-state index >= 15 is 0 Å². The molecule has 0 rings (SSSR count). The molecule has 3 nitrogen and oxygen atoms in total. The lowest BCUT2D eigenvalue weighted by atomic mass is 10.1. The SMILES string of the molecule is C/C=C/C(C)C.CCC(=O)CC(C)C.CCCC(C)C.CCCCC(C)C.CCCCC(C)C.COCCC(C)C.COCCCC(C)C. The summed E-state index contributed by atoms with van der Waals surface area (Å²) in [6, 6.07) is 0. The molecule has 0 heterocycles. The Balaban J connectivity index is -0.0000000842. The summed E-state index contributed by atoms with van der Waals surface area (Å²) in [6.07, 6.45) is 20.3. The van der Waals surface area contributed by atoms with Gasteiger partial charge < -0.3 is 9.47 Å². The van der Waals surface area contributed by atoms with E-state index in [-0.39, 0.29) is 0 Å². The number of carbonyl (C=O) groups excluding carboxylic acids is 1. The lowest BCUT2D eigenvalue weighted by Crippen LogP contribution is -1.99. The number of methoxy groups -OCH3 is 2. The molecule has 0 spiro atoms. The smallest absolute Gasteiger partial charge is 0.132 e. The van der Waals surface area contributed by atoms with Gasteiger partial charge in [0.1, 0.15) is 5.78 Å². The lowest BCUT2D eigenvalue weighted by molar-refractivity contribution is -0.119. The van der Waals surface area contributed by atoms with Gasteiger partial charge in [-0.15, -0.1) is 0 Å². The van der Waals surface area contributed by atoms with Crippen LogP contribution in [-0.2, 0) is 14.3 Å². The van der Waals surface area contributed by atoms with Gasteiger partial charge in [0.25, 0.3) is 0 Å². The Kier molecular flexibility index (Phi) is 73.3. The number of carbonyl (C=O) groups is 1. The summed E-state index contributed by atoms with van der Waals surface area (Å²) < 4.78 is 9.74. The third-order valence-electron chi connectivity index (χ3n) is 6.77. The van der Waals surface area contributed by atoms with Crippen LogP contribution in [0.2, 0.25) is 0 Å². The van der Waals surface area contributed by atoms with E-state index in [1.165, 1.54) is 70.6 Å². The summed E-state index contributed by atoms with van der Waals surface area (Å²) in [4.78, 5) is 10.6. The molecule has 0 aromatic heterocycles. The van der Waals surface area contributed by atoms with E-state index in [1.807, 2.05) is 13.8 Å². The standard InChI is InChI=1S/C7H16O.C7H14O.2C7H16.C6H14O.C6H14.C6H12/c1-7(2)5-4-6-8-3;1-4-7(8)5-6(2)3;2*1-4-5-6-7(2)3;1-6(2)4-5-7-3;2*1-4-5-6(2)3/h7H,4-6H2,1-3H3;6H,4-5H2,1-3H3;2*7H,4-6H2,1-3H3;6H,4-5H2,1-3H3;6H,4-5H2,1-3H3;4-6H,1-3H3/b;;;;;;5-4+. The molecule has 0 unspecified atom stereocenters. The predicted molar refractivity (Wildman–Crippen MR) is 230 cm³/mol. The second-order valence-corrected chi connectivity index (χ2v) is 16.2. The quantitative estimate of drug-likeness (QED) is 0.0993. The van der Waals surface area contributed by atoms with Crippen LogP contribution in [0.25, 0.3) is 0 Å². The molecular weight excluding hydrogens is 601 g/mol. The zero-order valence-electron chi connectivity index (χ0n) is 38.5. The van der Waals surface area contributed by atoms with Crippen molar-refractivity contribution in [2.24, 2.45) is 41.4 Å². The maximum absolute atomic E-state index is 10.6. The Bertz CT molecular complexity index is 516. The first-order valence-corrected chi connectivity index (χ1v) is 20.9. The van der Waals surface area contributed by atoms with Crippen molar-refractivity contribution in [2.75, 3.05) is 27.4 Å². The van der Waals surface area contributed by atoms with Crippen LogP contribution in [0.4, 0.5) is 0 Å². The van der Waals surface area contributed by atoms with Crippen molar-refractivity contribution >= 4 is 5.78 Å². The van der Waals surface area contributed by atoms with Gasteiger partial charge in [-0.05, 0) is 67.6 Å². The summed E-state index contributed by atoms with van der Waals surface area (Å²) in [5, 5.41) is 0. The normalized spacial score (nSPS) is 10.4. The van der Waals surface area contributed by atoms with E-state index in [0.717, 1.165) is 55.1 Å². The number of unbranched alkanes of at least 4 members (excludes halogenated alkanes) is 2. The highest BCUT2D eigenvalue weighted by atomic mass is 16.5. The van der Waals surface area contributed by atoms with Gasteiger partial charge in [-0.3, -0.25) is 4.79 Å². The number of Topliss-reactive ketones (excluding diaryl/α,β-unsaturated/α-hetero) is 1. The fraction of sp³-hybridized carbons (Fsp3) is 0.935. The fourth-order valence-corrected chi connectivity index (χ4v) is 3.78. The molecule has 3 heteroatoms. The van der Waals surface area contributed by atoms with E-state index in [1.54, 1.807) is 14.2 Å². The second kappa shape index (κ2) is 56.7. The molecule has 0 saturated carbocycles. The van der Waals surface area contributed by atoms with Gasteiger partial charge in [-0.25, -0.2) is 0 Å². The molecule has 0 amide bonds. The van der Waals surface area contributed by atoms with Crippen LogP contribution in [0, 0.1) is 41.4 Å². The van der Waals surface area contributed by atoms with Gasteiger partial charge in [-0.1, -0.05) is 188 Å². The highest BCUT2D eigenvalue weighted by molar-refractivity contribution is 5.78. The Labute approximate surface area is 315 Å². The van der Waals surface area contributed by atoms with Crippen LogP contribution in [0.1, 0.15) is 215 Å². The maximum atomic E-state index is 10.6. The molecule has 0 aromatic rings. The van der Waals surface area contributed by atoms with Crippen LogP contribution in [-0.4, -0.2) is 33.2 Å². The molecule has 0 aliphatic rings. The fourth-order valence-electron chi connectivity index (χ4n) is 3.78. The van der Waals surface area contributed by atoms with Gasteiger partial charge in [0.05, 0.1) is 0 Å². The average Bonchev–Trinajstić information content (AvgIpc) is 2.99. The van der Waals surface area contributed by atoms with Crippen LogP contribution >= 0.6 is 0 Å². The molecule has 0 aromatic carbocycles. The Morgan fingerprint density at radius 3 is 0.980 bits per heavy atom. The number of ether oxygens (including phenoxy) is 2. The molecule has 0 aliphatic carbocycles. The van der Waals surface area contributed by atoms with Crippen LogP contribution in [0.5, 0.6) is 0 Å². The van der Waals surface area contributed by atoms with Crippen LogP contribution in [0.15, 0.2) is 12.2 Å². The lowest BCUT2D eigenvalue weighted by Gasteiger charge is -2.01. The highest BCUT2D eigenvalue weighted by Gasteiger charge is 2.00. The third kappa shape index (κ3) is 121. The van der Waals surface area contributed by atoms with Crippen molar-refractivity contribution in [1.82, 2.24) is 0 Å². The first-order chi connectivity index (χ1) is 22.8. The van der Waals surface area contributed by atoms with E-state index in [4.69, 9.17) is 9.47 Å². The number of hydrogen-bond acceptors (Lipinski definition) is 3. The van der Waals surface area contributed by atoms with Gasteiger partial charge in [-0.2, -0.15) is 0 Å². The van der Waals surface area contributed by atoms with E-state index < -0.39 is 0 Å². The van der Waals surface area contributed by atoms with Crippen molar-refractivity contribution in [3.8, 4) is 0 Å². The monoisotopic (exact) mass is 703 g/mol. The van der Waals surface area contributed by atoms with Crippen molar-refractivity contribution < 1.29 is 14.3 Å². The zero-order chi connectivity index (χ0) is 40.1. The molecule has 0 N–H and O–H groups in total. The van der Waals surface area contributed by atoms with E-state index in [9.17, 15) is 4.79 Å². The summed E-state index contributed by atoms with van der Waals surface area (Å²) in [5.41, 5.74) is 0. The van der Waals surface area contributed by atoms with Gasteiger partial charge in [0, 0.05) is 40.3 Å². The van der Waals surface area contributed by atoms with Crippen LogP contribution in [0.3, 0.4) is 0 Å². The third-order valence-corrected chi connectivity index (χ3v) is 6.77. The maximum Gasteiger partial charge on any atom is 0.132 e. The minimum Gasteiger partial charge on any atom is -0.385 e. The van der Waals surface area contributed by atoms with Gasteiger partial charge in [0.2, 0.25) is 0 Å². The predicted octanol–water partition coefficient (Wildman–Crippen LogP) is 16.1. The van der Waals surface area contributed by atoms with E-state index in [0.29, 0.717) is 18.1 Å². The Morgan fingerprint density at radius 1 is 0.490 bits per heavy atom. The van der Waals surface area contributed by atoms with Crippen molar-refractivity contribution in [3.05, 3.63) is 12.2 Å². The van der Waals surface area contributed by atoms with Crippen molar-refractivity contribution in [1.29, 1.82) is 0 Å². The topological polar surface area (TPSA) is 35.5 Å². The molecule has 49 heavy (non-hydrogen) atoms. The zero-order valence-corrected chi connectivity index (χ0v) is 38.5. The Hall–Kier alpha value is -0.670. The summed E-state index contributed by atoms with van der Waals surface area (Å²) in [6.45, 7) is 43.4. The minimum atomic E-state index is 0.375. The molecule has 0 atom stereocenters. The number of hydrogen-bond donors (Lipinski definition) is 0. The average molecular weight is 703 g/mol. The molecule has 0 aliphatic heterocycles. The first-order valence-electron chi connectivity index (χ1n) is 20.9. The second-order valence-electron chi connectivity index (χ2n) is 16.2. The summed E-state index contributed by atoms with van der Waals surface area (Å²) in [5.74, 6) is 5.93. The van der Waals surface area contributed by atoms with Crippen molar-refractivity contribution in [2.45, 2.75) is 215 Å². The minimum absolute atomic E-state index is 0.375. The van der Waals surface area contributed by atoms with Crippen molar-refractivity contribution in [3.63, 3.8) is 0 Å². The largest absolute Gasteiger partial charge is 0.385 e. The van der Waals surface area contributed by atoms with E-state index in [2.05, 4.69) is 130 Å². The summed E-state index contributed by atoms with van der Waals surface area (Å²) in [7, 11) is 3.49. The van der Waals surface area contributed by atoms with Crippen LogP contribution < -0.4 is 0 Å². The molecular formula is C46H102O3. The number of rotatable bonds is 19. The Morgan fingerprint density at radius 2 is 0.857 bits per heavy atom. The first kappa shape index (κ1) is 63.4. The molecule has 0 radical (unpaired) electrons. The molecule has 304 valence electrons. The number of allylic oxidation sites excluding steroid dienone is 2. The molecule has 0 bridgehead atoms. The summed E-state index contributed by atoms with van der Waals surface area (Å²) >= 11 is 0. The number of ketones is 1. The molecule has 0 saturated heterocycles. The molecule has 0 fully saturated rings. The van der Waals surface area contributed by atoms with Gasteiger partial charge in [0.15, 0.2) is 0 Å².